The molecule has 6 nitrogen and oxygen atoms in total. The van der Waals surface area contributed by atoms with Gasteiger partial charge >= 0.3 is 0 Å². The number of nitrogens with one attached hydrogen (secondary N) is 2. The Morgan fingerprint density at radius 3 is 2.66 bits per heavy atom. The van der Waals surface area contributed by atoms with E-state index in [0.717, 1.165) is 30.5 Å². The minimum Gasteiger partial charge on any atom is -0.370 e. The van der Waals surface area contributed by atoms with Crippen LogP contribution in [0, 0.1) is 5.41 Å². The molecule has 0 amide bonds. The van der Waals surface area contributed by atoms with Crippen LogP contribution in [0.25, 0.3) is 10.9 Å². The third-order valence-electron chi connectivity index (χ3n) is 7.73. The summed E-state index contributed by atoms with van der Waals surface area (Å²) >= 11 is 0. The van der Waals surface area contributed by atoms with Gasteiger partial charge in [0.05, 0.1) is 0 Å². The first kappa shape index (κ1) is 22.8. The molecule has 0 spiro atoms. The van der Waals surface area contributed by atoms with Crippen molar-refractivity contribution < 1.29 is 0 Å². The van der Waals surface area contributed by atoms with Gasteiger partial charge in [-0.2, -0.15) is 0 Å². The van der Waals surface area contributed by atoms with Gasteiger partial charge in [-0.05, 0) is 57.2 Å². The topological polar surface area (TPSA) is 89.2 Å². The number of hydrogen-bond donors (Lipinski definition) is 3. The molecule has 4 atom stereocenters. The first-order valence-electron chi connectivity index (χ1n) is 12.4. The number of aromatic amines is 1. The molecule has 0 aliphatic carbocycles. The van der Waals surface area contributed by atoms with Crippen molar-refractivity contribution in [1.29, 1.82) is 5.41 Å². The first-order valence-corrected chi connectivity index (χ1v) is 12.4. The number of benzene rings is 1. The Morgan fingerprint density at radius 2 is 2.00 bits per heavy atom. The van der Waals surface area contributed by atoms with E-state index in [4.69, 9.17) is 11.1 Å². The van der Waals surface area contributed by atoms with Crippen LogP contribution < -0.4 is 11.3 Å². The van der Waals surface area contributed by atoms with Crippen LogP contribution in [0.3, 0.4) is 0 Å². The number of hydrogen-bond acceptors (Lipinski definition) is 3. The highest BCUT2D eigenvalue weighted by Gasteiger charge is 2.33. The van der Waals surface area contributed by atoms with Crippen molar-refractivity contribution in [3.05, 3.63) is 45.7 Å². The van der Waals surface area contributed by atoms with Gasteiger partial charge in [-0.15, -0.1) is 0 Å². The van der Waals surface area contributed by atoms with Crippen LogP contribution in [0.5, 0.6) is 0 Å². The summed E-state index contributed by atoms with van der Waals surface area (Å²) < 4.78 is 0. The first-order chi connectivity index (χ1) is 15.4. The Bertz CT molecular complexity index is 1000. The van der Waals surface area contributed by atoms with Gasteiger partial charge in [0, 0.05) is 53.6 Å². The largest absolute Gasteiger partial charge is 0.370 e. The molecule has 1 aromatic heterocycles. The van der Waals surface area contributed by atoms with Crippen molar-refractivity contribution in [3.8, 4) is 0 Å². The summed E-state index contributed by atoms with van der Waals surface area (Å²) in [5.74, 6) is 0.208. The minimum atomic E-state index is -0.00475. The Hall–Kier alpha value is -2.34. The molecular weight excluding hydrogens is 398 g/mol. The highest BCUT2D eigenvalue weighted by Crippen LogP contribution is 2.38. The van der Waals surface area contributed by atoms with E-state index in [2.05, 4.69) is 48.9 Å². The van der Waals surface area contributed by atoms with Gasteiger partial charge in [0.2, 0.25) is 0 Å². The van der Waals surface area contributed by atoms with E-state index in [1.165, 1.54) is 43.1 Å². The molecule has 174 valence electrons. The fourth-order valence-electron chi connectivity index (χ4n) is 6.01. The minimum absolute atomic E-state index is 0.00475. The van der Waals surface area contributed by atoms with Gasteiger partial charge in [0.25, 0.3) is 5.56 Å². The molecule has 4 unspecified atom stereocenters. The number of guanidine groups is 1. The Kier molecular flexibility index (Phi) is 6.89. The maximum absolute atomic E-state index is 13.0. The second kappa shape index (κ2) is 9.65. The SMILES string of the molecule is CCCCC(c1cccc2[nH]c(=O)c(C3CCN(C(=N)N)C3)cc12)N1C(C)CCCC1C. The number of nitrogens with two attached hydrogens (primary N) is 1. The summed E-state index contributed by atoms with van der Waals surface area (Å²) in [5, 5.41) is 8.92. The molecule has 4 rings (SSSR count). The predicted octanol–water partition coefficient (Wildman–Crippen LogP) is 4.71. The number of pyridine rings is 1. The molecule has 6 heteroatoms. The van der Waals surface area contributed by atoms with Crippen molar-refractivity contribution in [3.63, 3.8) is 0 Å². The Balaban J connectivity index is 1.78. The van der Waals surface area contributed by atoms with Crippen LogP contribution in [-0.2, 0) is 0 Å². The molecule has 2 aliphatic rings. The lowest BCUT2D eigenvalue weighted by Crippen LogP contribution is -2.46. The van der Waals surface area contributed by atoms with Crippen LogP contribution >= 0.6 is 0 Å². The molecule has 1 aromatic carbocycles. The number of fused-ring (bicyclic) bond motifs is 1. The smallest absolute Gasteiger partial charge is 0.251 e. The highest BCUT2D eigenvalue weighted by molar-refractivity contribution is 5.83. The summed E-state index contributed by atoms with van der Waals surface area (Å²) in [5.41, 5.74) is 8.80. The second-order valence-corrected chi connectivity index (χ2v) is 9.91. The maximum Gasteiger partial charge on any atom is 0.251 e. The molecule has 0 bridgehead atoms. The highest BCUT2D eigenvalue weighted by atomic mass is 16.1. The maximum atomic E-state index is 13.0. The quantitative estimate of drug-likeness (QED) is 0.451. The van der Waals surface area contributed by atoms with Crippen LogP contribution in [0.4, 0.5) is 0 Å². The summed E-state index contributed by atoms with van der Waals surface area (Å²) in [6.07, 6.45) is 8.19. The number of H-pyrrole nitrogens is 1. The van der Waals surface area contributed by atoms with Gasteiger partial charge < -0.3 is 15.6 Å². The molecule has 0 radical (unpaired) electrons. The summed E-state index contributed by atoms with van der Waals surface area (Å²) in [6, 6.07) is 10.0. The zero-order chi connectivity index (χ0) is 22.8. The second-order valence-electron chi connectivity index (χ2n) is 9.91. The van der Waals surface area contributed by atoms with Crippen molar-refractivity contribution in [2.45, 2.75) is 89.8 Å². The Morgan fingerprint density at radius 1 is 1.25 bits per heavy atom. The number of piperidine rings is 1. The zero-order valence-corrected chi connectivity index (χ0v) is 19.9. The fraction of sp³-hybridized carbons (Fsp3) is 0.615. The van der Waals surface area contributed by atoms with Crippen molar-refractivity contribution >= 4 is 16.9 Å². The molecule has 32 heavy (non-hydrogen) atoms. The van der Waals surface area contributed by atoms with E-state index in [1.807, 2.05) is 11.0 Å². The summed E-state index contributed by atoms with van der Waals surface area (Å²) in [4.78, 5) is 20.8. The van der Waals surface area contributed by atoms with Gasteiger partial charge in [0.15, 0.2) is 5.96 Å². The lowest BCUT2D eigenvalue weighted by Gasteiger charge is -2.45. The predicted molar refractivity (Wildman–Crippen MR) is 132 cm³/mol. The molecule has 2 aliphatic heterocycles. The molecule has 2 saturated heterocycles. The standard InChI is InChI=1S/C26H39N5O/c1-4-5-12-24(31-17(2)8-6-9-18(31)3)20-10-7-11-23-22(20)15-21(25(32)29-23)19-13-14-30(16-19)26(27)28/h7,10-11,15,17-19,24H,4-6,8-9,12-14,16H2,1-3H3,(H3,27,28)(H,29,32). The van der Waals surface area contributed by atoms with E-state index >= 15 is 0 Å². The molecule has 2 aromatic rings. The number of nitrogens with zero attached hydrogens (tertiary/aromatic N) is 2. The van der Waals surface area contributed by atoms with Gasteiger partial charge in [-0.25, -0.2) is 0 Å². The van der Waals surface area contributed by atoms with Gasteiger partial charge in [-0.3, -0.25) is 15.1 Å². The van der Waals surface area contributed by atoms with Crippen LogP contribution in [-0.4, -0.2) is 45.9 Å². The zero-order valence-electron chi connectivity index (χ0n) is 19.9. The summed E-state index contributed by atoms with van der Waals surface area (Å²) in [6.45, 7) is 8.40. The number of unbranched alkanes of at least 4 members (excludes halogenated alkanes) is 1. The third kappa shape index (κ3) is 4.42. The number of aromatic nitrogens is 1. The normalized spacial score (nSPS) is 25.3. The third-order valence-corrected chi connectivity index (χ3v) is 7.73. The van der Waals surface area contributed by atoms with E-state index in [1.54, 1.807) is 0 Å². The summed E-state index contributed by atoms with van der Waals surface area (Å²) in [7, 11) is 0. The van der Waals surface area contributed by atoms with Crippen LogP contribution in [0.2, 0.25) is 0 Å². The van der Waals surface area contributed by atoms with Crippen LogP contribution in [0.15, 0.2) is 29.1 Å². The molecular formula is C26H39N5O. The van der Waals surface area contributed by atoms with E-state index < -0.39 is 0 Å². The number of rotatable bonds is 6. The Labute approximate surface area is 191 Å². The van der Waals surface area contributed by atoms with E-state index in [9.17, 15) is 4.79 Å². The van der Waals surface area contributed by atoms with E-state index in [-0.39, 0.29) is 17.4 Å². The van der Waals surface area contributed by atoms with E-state index in [0.29, 0.717) is 24.7 Å². The average Bonchev–Trinajstić information content (AvgIpc) is 3.25. The number of likely N-dealkylation sites (tertiary alicyclic amines) is 2. The fourth-order valence-corrected chi connectivity index (χ4v) is 6.01. The van der Waals surface area contributed by atoms with Crippen molar-refractivity contribution in [1.82, 2.24) is 14.8 Å². The van der Waals surface area contributed by atoms with Gasteiger partial charge in [0.1, 0.15) is 0 Å². The lowest BCUT2D eigenvalue weighted by atomic mass is 9.88. The molecule has 3 heterocycles. The lowest BCUT2D eigenvalue weighted by molar-refractivity contribution is 0.0496. The van der Waals surface area contributed by atoms with Crippen molar-refractivity contribution in [2.75, 3.05) is 13.1 Å². The van der Waals surface area contributed by atoms with Crippen molar-refractivity contribution in [2.24, 2.45) is 5.73 Å². The monoisotopic (exact) mass is 437 g/mol. The molecule has 4 N–H and O–H groups in total. The van der Waals surface area contributed by atoms with Crippen LogP contribution in [0.1, 0.15) is 88.8 Å². The average molecular weight is 438 g/mol. The molecule has 2 fully saturated rings. The molecule has 0 saturated carbocycles. The van der Waals surface area contributed by atoms with Gasteiger partial charge in [-0.1, -0.05) is 38.3 Å².